The van der Waals surface area contributed by atoms with Crippen molar-refractivity contribution in [3.8, 4) is 0 Å². The van der Waals surface area contributed by atoms with E-state index >= 15 is 0 Å². The number of anilines is 3. The fourth-order valence-electron chi connectivity index (χ4n) is 5.02. The Kier molecular flexibility index (Phi) is 5.57. The number of hydrogen-bond acceptors (Lipinski definition) is 4. The van der Waals surface area contributed by atoms with Crippen LogP contribution in [-0.4, -0.2) is 50.8 Å². The molecule has 1 saturated carbocycles. The van der Waals surface area contributed by atoms with E-state index in [0.717, 1.165) is 37.2 Å². The Labute approximate surface area is 195 Å². The Morgan fingerprint density at radius 1 is 0.970 bits per heavy atom. The number of amides is 1. The Morgan fingerprint density at radius 3 is 2.30 bits per heavy atom. The van der Waals surface area contributed by atoms with E-state index in [0.29, 0.717) is 28.1 Å². The molecule has 172 valence electrons. The molecule has 5 rings (SSSR count). The van der Waals surface area contributed by atoms with Gasteiger partial charge in [-0.2, -0.15) is 0 Å². The van der Waals surface area contributed by atoms with Crippen molar-refractivity contribution in [2.24, 2.45) is 5.41 Å². The van der Waals surface area contributed by atoms with Crippen LogP contribution in [0.15, 0.2) is 30.3 Å². The fourth-order valence-corrected chi connectivity index (χ4v) is 5.02. The molecule has 0 atom stereocenters. The third-order valence-corrected chi connectivity index (χ3v) is 7.41. The SMILES string of the molecule is [B]c1ccc(C(=O)Nc2cc(C)cc(N3CCC(F)(F)CC3)n2)c(N2CCC3(CC2)CC3)c1. The van der Waals surface area contributed by atoms with Crippen LogP contribution in [0.1, 0.15) is 54.4 Å². The number of aryl methyl sites for hydroxylation is 1. The van der Waals surface area contributed by atoms with Gasteiger partial charge in [-0.3, -0.25) is 4.79 Å². The number of aromatic nitrogens is 1. The number of hydrogen-bond donors (Lipinski definition) is 1. The average molecular weight is 450 g/mol. The Hall–Kier alpha value is -2.64. The van der Waals surface area contributed by atoms with Crippen LogP contribution in [0.3, 0.4) is 0 Å². The molecule has 2 saturated heterocycles. The van der Waals surface area contributed by atoms with E-state index in [1.54, 1.807) is 18.2 Å². The molecule has 5 nitrogen and oxygen atoms in total. The van der Waals surface area contributed by atoms with E-state index in [-0.39, 0.29) is 31.8 Å². The van der Waals surface area contributed by atoms with Crippen molar-refractivity contribution in [1.82, 2.24) is 4.98 Å². The smallest absolute Gasteiger partial charge is 0.258 e. The normalized spacial score (nSPS) is 21.2. The van der Waals surface area contributed by atoms with Gasteiger partial charge in [-0.1, -0.05) is 11.5 Å². The summed E-state index contributed by atoms with van der Waals surface area (Å²) in [5.41, 5.74) is 3.51. The number of carbonyl (C=O) groups is 1. The van der Waals surface area contributed by atoms with Gasteiger partial charge >= 0.3 is 0 Å². The fraction of sp³-hybridized carbons (Fsp3) is 0.520. The van der Waals surface area contributed by atoms with Crippen molar-refractivity contribution in [3.05, 3.63) is 41.5 Å². The number of halogens is 2. The number of nitrogens with one attached hydrogen (secondary N) is 1. The maximum Gasteiger partial charge on any atom is 0.258 e. The molecule has 1 spiro atoms. The van der Waals surface area contributed by atoms with Crippen LogP contribution in [0.4, 0.5) is 26.1 Å². The number of alkyl halides is 2. The molecule has 3 aliphatic rings. The Balaban J connectivity index is 1.34. The van der Waals surface area contributed by atoms with E-state index in [1.165, 1.54) is 12.8 Å². The topological polar surface area (TPSA) is 48.5 Å². The minimum absolute atomic E-state index is 0.184. The van der Waals surface area contributed by atoms with E-state index in [4.69, 9.17) is 7.85 Å². The molecule has 1 aromatic carbocycles. The zero-order chi connectivity index (χ0) is 23.2. The zero-order valence-electron chi connectivity index (χ0n) is 19.0. The molecule has 0 unspecified atom stereocenters. The monoisotopic (exact) mass is 450 g/mol. The van der Waals surface area contributed by atoms with E-state index in [2.05, 4.69) is 15.2 Å². The quantitative estimate of drug-likeness (QED) is 0.715. The summed E-state index contributed by atoms with van der Waals surface area (Å²) in [7, 11) is 6.06. The summed E-state index contributed by atoms with van der Waals surface area (Å²) in [6, 6.07) is 9.06. The van der Waals surface area contributed by atoms with E-state index in [9.17, 15) is 13.6 Å². The second kappa shape index (κ2) is 8.30. The second-order valence-corrected chi connectivity index (χ2v) is 9.95. The van der Waals surface area contributed by atoms with Gasteiger partial charge < -0.3 is 15.1 Å². The molecule has 1 aromatic heterocycles. The van der Waals surface area contributed by atoms with E-state index in [1.807, 2.05) is 24.0 Å². The lowest BCUT2D eigenvalue weighted by atomic mass is 9.90. The van der Waals surface area contributed by atoms with Crippen molar-refractivity contribution >= 4 is 36.5 Å². The molecule has 2 radical (unpaired) electrons. The van der Waals surface area contributed by atoms with Crippen LogP contribution in [0.5, 0.6) is 0 Å². The first-order chi connectivity index (χ1) is 15.7. The molecule has 8 heteroatoms. The van der Waals surface area contributed by atoms with Gasteiger partial charge in [-0.15, -0.1) is 0 Å². The second-order valence-electron chi connectivity index (χ2n) is 9.95. The molecule has 2 aromatic rings. The first-order valence-corrected chi connectivity index (χ1v) is 11.8. The lowest BCUT2D eigenvalue weighted by molar-refractivity contribution is -0.0221. The lowest BCUT2D eigenvalue weighted by Gasteiger charge is -2.35. The largest absolute Gasteiger partial charge is 0.371 e. The zero-order valence-corrected chi connectivity index (χ0v) is 19.0. The maximum atomic E-state index is 13.6. The van der Waals surface area contributed by atoms with Gasteiger partial charge in [-0.25, -0.2) is 13.8 Å². The maximum absolute atomic E-state index is 13.6. The Morgan fingerprint density at radius 2 is 1.64 bits per heavy atom. The number of nitrogens with zero attached hydrogens (tertiary/aromatic N) is 3. The minimum Gasteiger partial charge on any atom is -0.371 e. The third kappa shape index (κ3) is 4.85. The highest BCUT2D eigenvalue weighted by Gasteiger charge is 2.44. The molecule has 2 aliphatic heterocycles. The first-order valence-electron chi connectivity index (χ1n) is 11.8. The van der Waals surface area contributed by atoms with Crippen molar-refractivity contribution in [2.75, 3.05) is 41.3 Å². The summed E-state index contributed by atoms with van der Waals surface area (Å²) < 4.78 is 27.1. The molecule has 3 heterocycles. The van der Waals surface area contributed by atoms with Crippen molar-refractivity contribution < 1.29 is 13.6 Å². The summed E-state index contributed by atoms with van der Waals surface area (Å²) in [4.78, 5) is 22.0. The van der Waals surface area contributed by atoms with Crippen LogP contribution in [-0.2, 0) is 0 Å². The molecule has 1 aliphatic carbocycles. The van der Waals surface area contributed by atoms with Gasteiger partial charge in [0.25, 0.3) is 11.8 Å². The van der Waals surface area contributed by atoms with Gasteiger partial charge in [0.15, 0.2) is 0 Å². The highest BCUT2D eigenvalue weighted by molar-refractivity contribution is 6.33. The number of rotatable bonds is 4. The van der Waals surface area contributed by atoms with Crippen LogP contribution in [0, 0.1) is 12.3 Å². The predicted octanol–water partition coefficient (Wildman–Crippen LogP) is 4.05. The molecule has 3 fully saturated rings. The molecular formula is C25H29BF2N4O. The van der Waals surface area contributed by atoms with Crippen LogP contribution in [0.25, 0.3) is 0 Å². The van der Waals surface area contributed by atoms with Gasteiger partial charge in [0.05, 0.1) is 5.56 Å². The summed E-state index contributed by atoms with van der Waals surface area (Å²) in [5.74, 6) is -1.82. The molecule has 1 N–H and O–H groups in total. The Bertz CT molecular complexity index is 1050. The molecule has 0 bridgehead atoms. The number of pyridine rings is 1. The standard InChI is InChI=1S/C25H29BF2N4O/c1-17-14-21(29-22(15-17)32-12-8-25(27,28)9-13-32)30-23(33)19-3-2-18(26)16-20(19)31-10-6-24(4-5-24)7-11-31/h2-3,14-16H,4-13H2,1H3,(H,29,30,33). The summed E-state index contributed by atoms with van der Waals surface area (Å²) >= 11 is 0. The number of carbonyl (C=O) groups excluding carboxylic acids is 1. The van der Waals surface area contributed by atoms with Crippen molar-refractivity contribution in [3.63, 3.8) is 0 Å². The lowest BCUT2D eigenvalue weighted by Crippen LogP contribution is -2.39. The third-order valence-electron chi connectivity index (χ3n) is 7.41. The van der Waals surface area contributed by atoms with Gasteiger partial charge in [0.1, 0.15) is 19.5 Å². The number of benzene rings is 1. The van der Waals surface area contributed by atoms with Gasteiger partial charge in [-0.05, 0) is 67.9 Å². The van der Waals surface area contributed by atoms with Crippen molar-refractivity contribution in [1.29, 1.82) is 0 Å². The van der Waals surface area contributed by atoms with Gasteiger partial charge in [0, 0.05) is 44.7 Å². The molecular weight excluding hydrogens is 421 g/mol. The highest BCUT2D eigenvalue weighted by Crippen LogP contribution is 2.54. The van der Waals surface area contributed by atoms with E-state index < -0.39 is 5.92 Å². The van der Waals surface area contributed by atoms with Crippen LogP contribution < -0.4 is 20.6 Å². The summed E-state index contributed by atoms with van der Waals surface area (Å²) in [6.07, 6.45) is 4.58. The van der Waals surface area contributed by atoms with Crippen molar-refractivity contribution in [2.45, 2.75) is 51.4 Å². The van der Waals surface area contributed by atoms with Crippen LogP contribution in [0.2, 0.25) is 0 Å². The number of piperidine rings is 2. The summed E-state index contributed by atoms with van der Waals surface area (Å²) in [5, 5.41) is 2.93. The predicted molar refractivity (Wildman–Crippen MR) is 128 cm³/mol. The highest BCUT2D eigenvalue weighted by atomic mass is 19.3. The molecule has 33 heavy (non-hydrogen) atoms. The molecule has 1 amide bonds. The summed E-state index contributed by atoms with van der Waals surface area (Å²) in [6.45, 7) is 4.26. The average Bonchev–Trinajstić information content (AvgIpc) is 3.52. The van der Waals surface area contributed by atoms with Gasteiger partial charge in [0.2, 0.25) is 0 Å². The first kappa shape index (κ1) is 22.2. The minimum atomic E-state index is -2.61. The van der Waals surface area contributed by atoms with Crippen LogP contribution >= 0.6 is 0 Å².